The Morgan fingerprint density at radius 2 is 2.11 bits per heavy atom. The van der Waals surface area contributed by atoms with Crippen molar-refractivity contribution in [2.24, 2.45) is 5.92 Å². The second-order valence-electron chi connectivity index (χ2n) is 3.43. The van der Waals surface area contributed by atoms with Gasteiger partial charge in [-0.1, -0.05) is 11.6 Å². The van der Waals surface area contributed by atoms with E-state index in [1.165, 1.54) is 18.2 Å². The van der Waals surface area contributed by atoms with Crippen molar-refractivity contribution >= 4 is 35.0 Å². The summed E-state index contributed by atoms with van der Waals surface area (Å²) in [7, 11) is 0. The molecular weight excluding hydrogens is 291 g/mol. The first-order chi connectivity index (χ1) is 8.21. The van der Waals surface area contributed by atoms with Gasteiger partial charge in [0.15, 0.2) is 5.92 Å². The second-order valence-corrected chi connectivity index (χ2v) is 4.90. The number of carboxylic acids is 1. The van der Waals surface area contributed by atoms with E-state index in [1.807, 2.05) is 0 Å². The first-order valence-corrected chi connectivity index (χ1v) is 6.05. The van der Waals surface area contributed by atoms with Crippen molar-refractivity contribution in [2.75, 3.05) is 11.5 Å². The summed E-state index contributed by atoms with van der Waals surface area (Å²) in [6, 6.07) is 4.36. The van der Waals surface area contributed by atoms with E-state index >= 15 is 0 Å². The van der Waals surface area contributed by atoms with E-state index in [0.717, 1.165) is 0 Å². The fourth-order valence-electron chi connectivity index (χ4n) is 1.11. The molecule has 0 saturated heterocycles. The molecule has 0 radical (unpaired) electrons. The summed E-state index contributed by atoms with van der Waals surface area (Å²) in [5.41, 5.74) is 5.82. The summed E-state index contributed by atoms with van der Waals surface area (Å²) in [6.07, 6.45) is -4.79. The molecule has 0 spiro atoms. The van der Waals surface area contributed by atoms with Crippen molar-refractivity contribution in [1.29, 1.82) is 0 Å². The van der Waals surface area contributed by atoms with E-state index in [4.69, 9.17) is 22.4 Å². The van der Waals surface area contributed by atoms with Gasteiger partial charge in [0, 0.05) is 16.3 Å². The summed E-state index contributed by atoms with van der Waals surface area (Å²) in [4.78, 5) is 10.9. The van der Waals surface area contributed by atoms with Gasteiger partial charge in [0.2, 0.25) is 0 Å². The molecule has 1 rings (SSSR count). The van der Waals surface area contributed by atoms with Crippen LogP contribution in [0.4, 0.5) is 18.9 Å². The Balaban J connectivity index is 2.79. The van der Waals surface area contributed by atoms with Crippen LogP contribution in [0, 0.1) is 5.92 Å². The number of hydrogen-bond donors (Lipinski definition) is 2. The molecular formula is C10H9ClF3NO2S. The van der Waals surface area contributed by atoms with Crippen molar-refractivity contribution in [3.63, 3.8) is 0 Å². The van der Waals surface area contributed by atoms with Crippen LogP contribution >= 0.6 is 23.4 Å². The number of halogens is 4. The van der Waals surface area contributed by atoms with Gasteiger partial charge in [0.05, 0.1) is 5.02 Å². The van der Waals surface area contributed by atoms with Crippen molar-refractivity contribution in [1.82, 2.24) is 0 Å². The molecule has 3 N–H and O–H groups in total. The summed E-state index contributed by atoms with van der Waals surface area (Å²) >= 11 is 6.48. The highest BCUT2D eigenvalue weighted by atomic mass is 35.5. The van der Waals surface area contributed by atoms with Crippen LogP contribution in [-0.4, -0.2) is 23.0 Å². The Kier molecular flexibility index (Phi) is 4.75. The average Bonchev–Trinajstić information content (AvgIpc) is 2.20. The van der Waals surface area contributed by atoms with Crippen LogP contribution in [0.2, 0.25) is 5.02 Å². The molecule has 100 valence electrons. The van der Waals surface area contributed by atoms with Gasteiger partial charge in [-0.25, -0.2) is 0 Å². The number of thioether (sulfide) groups is 1. The topological polar surface area (TPSA) is 63.3 Å². The zero-order valence-corrected chi connectivity index (χ0v) is 10.4. The standard InChI is InChI=1S/C10H9ClF3NO2S/c11-7-2-1-5(15)3-8(7)18-4-6(9(16)17)10(12,13)14/h1-3,6H,4,15H2,(H,16,17). The van der Waals surface area contributed by atoms with E-state index < -0.39 is 23.8 Å². The molecule has 0 aliphatic rings. The van der Waals surface area contributed by atoms with Crippen molar-refractivity contribution in [2.45, 2.75) is 11.1 Å². The second kappa shape index (κ2) is 5.71. The third-order valence-corrected chi connectivity index (χ3v) is 3.64. The van der Waals surface area contributed by atoms with Crippen molar-refractivity contribution in [3.05, 3.63) is 23.2 Å². The minimum Gasteiger partial charge on any atom is -0.481 e. The first-order valence-electron chi connectivity index (χ1n) is 4.69. The van der Waals surface area contributed by atoms with Crippen LogP contribution in [0.25, 0.3) is 0 Å². The molecule has 3 nitrogen and oxygen atoms in total. The van der Waals surface area contributed by atoms with E-state index in [1.54, 1.807) is 0 Å². The number of carboxylic acid groups (broad SMARTS) is 1. The molecule has 8 heteroatoms. The number of nitrogen functional groups attached to an aromatic ring is 1. The summed E-state index contributed by atoms with van der Waals surface area (Å²) in [5, 5.41) is 8.76. The van der Waals surface area contributed by atoms with Gasteiger partial charge in [-0.05, 0) is 18.2 Å². The summed E-state index contributed by atoms with van der Waals surface area (Å²) in [6.45, 7) is 0. The lowest BCUT2D eigenvalue weighted by Crippen LogP contribution is -2.32. The Hall–Kier alpha value is -1.08. The van der Waals surface area contributed by atoms with Gasteiger partial charge in [-0.3, -0.25) is 4.79 Å². The summed E-state index contributed by atoms with van der Waals surface area (Å²) in [5.74, 6) is -4.99. The van der Waals surface area contributed by atoms with Crippen LogP contribution in [0.1, 0.15) is 0 Å². The molecule has 0 bridgehead atoms. The lowest BCUT2D eigenvalue weighted by atomic mass is 10.2. The third-order valence-electron chi connectivity index (χ3n) is 2.05. The van der Waals surface area contributed by atoms with Crippen molar-refractivity contribution in [3.8, 4) is 0 Å². The normalized spacial score (nSPS) is 13.3. The Morgan fingerprint density at radius 1 is 1.50 bits per heavy atom. The molecule has 0 amide bonds. The molecule has 1 aromatic rings. The number of hydrogen-bond acceptors (Lipinski definition) is 3. The predicted octanol–water partition coefficient (Wildman–Crippen LogP) is 3.28. The van der Waals surface area contributed by atoms with E-state index in [2.05, 4.69) is 0 Å². The highest BCUT2D eigenvalue weighted by Crippen LogP contribution is 2.35. The predicted molar refractivity (Wildman–Crippen MR) is 63.8 cm³/mol. The van der Waals surface area contributed by atoms with Gasteiger partial charge >= 0.3 is 12.1 Å². The SMILES string of the molecule is Nc1ccc(Cl)c(SCC(C(=O)O)C(F)(F)F)c1. The number of alkyl halides is 3. The first kappa shape index (κ1) is 15.0. The Labute approximate surface area is 110 Å². The Morgan fingerprint density at radius 3 is 2.61 bits per heavy atom. The van der Waals surface area contributed by atoms with E-state index in [9.17, 15) is 18.0 Å². The zero-order chi connectivity index (χ0) is 13.9. The zero-order valence-electron chi connectivity index (χ0n) is 8.87. The minimum atomic E-state index is -4.79. The lowest BCUT2D eigenvalue weighted by molar-refractivity contribution is -0.188. The van der Waals surface area contributed by atoms with Gasteiger partial charge in [-0.15, -0.1) is 11.8 Å². The molecule has 18 heavy (non-hydrogen) atoms. The maximum Gasteiger partial charge on any atom is 0.403 e. The molecule has 1 atom stereocenters. The third kappa shape index (κ3) is 3.99. The van der Waals surface area contributed by atoms with Gasteiger partial charge in [0.1, 0.15) is 0 Å². The molecule has 0 fully saturated rings. The smallest absolute Gasteiger partial charge is 0.403 e. The fraction of sp³-hybridized carbons (Fsp3) is 0.300. The van der Waals surface area contributed by atoms with Gasteiger partial charge in [0.25, 0.3) is 0 Å². The summed E-state index contributed by atoms with van der Waals surface area (Å²) < 4.78 is 37.2. The van der Waals surface area contributed by atoms with E-state index in [-0.39, 0.29) is 5.02 Å². The minimum absolute atomic E-state index is 0.237. The largest absolute Gasteiger partial charge is 0.481 e. The maximum absolute atomic E-state index is 12.4. The molecule has 1 unspecified atom stereocenters. The quantitative estimate of drug-likeness (QED) is 0.661. The number of nitrogens with two attached hydrogens (primary N) is 1. The fourth-order valence-corrected chi connectivity index (χ4v) is 2.49. The van der Waals surface area contributed by atoms with Crippen LogP contribution < -0.4 is 5.73 Å². The van der Waals surface area contributed by atoms with Gasteiger partial charge in [-0.2, -0.15) is 13.2 Å². The number of rotatable bonds is 4. The number of aliphatic carboxylic acids is 1. The van der Waals surface area contributed by atoms with E-state index in [0.29, 0.717) is 22.3 Å². The highest BCUT2D eigenvalue weighted by molar-refractivity contribution is 7.99. The van der Waals surface area contributed by atoms with Crippen LogP contribution in [0.15, 0.2) is 23.1 Å². The monoisotopic (exact) mass is 299 g/mol. The van der Waals surface area contributed by atoms with Crippen LogP contribution in [0.5, 0.6) is 0 Å². The number of anilines is 1. The molecule has 0 aliphatic carbocycles. The molecule has 0 aromatic heterocycles. The maximum atomic E-state index is 12.4. The number of benzene rings is 1. The Bertz CT molecular complexity index is 453. The van der Waals surface area contributed by atoms with Gasteiger partial charge < -0.3 is 10.8 Å². The number of carbonyl (C=O) groups is 1. The molecule has 1 aromatic carbocycles. The molecule has 0 saturated carbocycles. The highest BCUT2D eigenvalue weighted by Gasteiger charge is 2.44. The van der Waals surface area contributed by atoms with Crippen LogP contribution in [-0.2, 0) is 4.79 Å². The van der Waals surface area contributed by atoms with Crippen LogP contribution in [0.3, 0.4) is 0 Å². The van der Waals surface area contributed by atoms with Crippen molar-refractivity contribution < 1.29 is 23.1 Å². The molecule has 0 aliphatic heterocycles. The average molecular weight is 300 g/mol. The molecule has 0 heterocycles. The lowest BCUT2D eigenvalue weighted by Gasteiger charge is -2.15.